The summed E-state index contributed by atoms with van der Waals surface area (Å²) >= 11 is 0. The molecule has 1 heterocycles. The van der Waals surface area contributed by atoms with Gasteiger partial charge in [0.05, 0.1) is 4.92 Å². The van der Waals surface area contributed by atoms with Crippen molar-refractivity contribution in [1.82, 2.24) is 4.98 Å². The minimum atomic E-state index is -4.70. The van der Waals surface area contributed by atoms with E-state index in [1.165, 1.54) is 4.90 Å². The number of nitrogens with zero attached hydrogens (tertiary/aromatic N) is 3. The highest BCUT2D eigenvalue weighted by molar-refractivity contribution is 5.59. The molecule has 0 saturated heterocycles. The number of halogens is 3. The van der Waals surface area contributed by atoms with E-state index in [4.69, 9.17) is 0 Å². The number of alkyl halides is 3. The number of anilines is 1. The number of aromatic nitrogens is 1. The molecule has 0 fully saturated rings. The second kappa shape index (κ2) is 8.08. The van der Waals surface area contributed by atoms with Crippen LogP contribution in [0.15, 0.2) is 72.8 Å². The van der Waals surface area contributed by atoms with Crippen LogP contribution < -0.4 is 4.90 Å². The summed E-state index contributed by atoms with van der Waals surface area (Å²) in [5.41, 5.74) is -0.0435. The van der Waals surface area contributed by atoms with Crippen LogP contribution in [0.5, 0.6) is 0 Å². The second-order valence-electron chi connectivity index (χ2n) is 6.12. The van der Waals surface area contributed by atoms with Crippen molar-refractivity contribution in [1.29, 1.82) is 0 Å². The number of nitro groups is 1. The quantitative estimate of drug-likeness (QED) is 0.430. The third kappa shape index (κ3) is 4.64. The van der Waals surface area contributed by atoms with Gasteiger partial charge in [-0.05, 0) is 17.2 Å². The van der Waals surface area contributed by atoms with Crippen molar-refractivity contribution in [2.45, 2.75) is 19.3 Å². The van der Waals surface area contributed by atoms with Crippen LogP contribution >= 0.6 is 0 Å². The summed E-state index contributed by atoms with van der Waals surface area (Å²) in [6.45, 7) is 0.343. The maximum Gasteiger partial charge on any atom is 0.433 e. The fraction of sp³-hybridized carbons (Fsp3) is 0.150. The Morgan fingerprint density at radius 3 is 1.79 bits per heavy atom. The fourth-order valence-corrected chi connectivity index (χ4v) is 2.79. The molecule has 8 heteroatoms. The van der Waals surface area contributed by atoms with E-state index >= 15 is 0 Å². The molecule has 0 saturated carbocycles. The summed E-state index contributed by atoms with van der Waals surface area (Å²) in [6.07, 6.45) is -4.70. The second-order valence-corrected chi connectivity index (χ2v) is 6.12. The molecule has 5 nitrogen and oxygen atoms in total. The lowest BCUT2D eigenvalue weighted by atomic mass is 10.1. The smallest absolute Gasteiger partial charge is 0.342 e. The van der Waals surface area contributed by atoms with Gasteiger partial charge >= 0.3 is 11.9 Å². The molecular weight excluding hydrogens is 371 g/mol. The standard InChI is InChI=1S/C20H16F3N3O2/c21-20(22,23)18-12-11-17(26(27)28)19(24-18)25(13-15-7-3-1-4-8-15)14-16-9-5-2-6-10-16/h1-12H,13-14H2. The average Bonchev–Trinajstić information content (AvgIpc) is 2.68. The van der Waals surface area contributed by atoms with E-state index < -0.39 is 22.5 Å². The van der Waals surface area contributed by atoms with E-state index in [-0.39, 0.29) is 18.9 Å². The molecule has 0 unspecified atom stereocenters. The molecule has 0 aliphatic rings. The number of pyridine rings is 1. The zero-order chi connectivity index (χ0) is 20.1. The monoisotopic (exact) mass is 387 g/mol. The first-order chi connectivity index (χ1) is 13.3. The van der Waals surface area contributed by atoms with Crippen LogP contribution in [0.4, 0.5) is 24.7 Å². The van der Waals surface area contributed by atoms with Crippen molar-refractivity contribution in [3.05, 3.63) is 99.7 Å². The molecule has 0 aliphatic heterocycles. The number of hydrogen-bond donors (Lipinski definition) is 0. The molecule has 1 aromatic heterocycles. The van der Waals surface area contributed by atoms with Gasteiger partial charge in [0.2, 0.25) is 5.82 Å². The Morgan fingerprint density at radius 1 is 0.857 bits per heavy atom. The number of hydrogen-bond acceptors (Lipinski definition) is 4. The highest BCUT2D eigenvalue weighted by Gasteiger charge is 2.35. The Labute approximate surface area is 159 Å². The Bertz CT molecular complexity index is 906. The van der Waals surface area contributed by atoms with Gasteiger partial charge in [-0.3, -0.25) is 10.1 Å². The van der Waals surface area contributed by atoms with E-state index in [0.717, 1.165) is 17.2 Å². The molecule has 0 bridgehead atoms. The number of benzene rings is 2. The van der Waals surface area contributed by atoms with Gasteiger partial charge in [-0.15, -0.1) is 0 Å². The molecule has 2 aromatic carbocycles. The first-order valence-corrected chi connectivity index (χ1v) is 8.40. The van der Waals surface area contributed by atoms with E-state index in [1.54, 1.807) is 48.5 Å². The van der Waals surface area contributed by atoms with Gasteiger partial charge in [-0.1, -0.05) is 60.7 Å². The molecule has 3 aromatic rings. The van der Waals surface area contributed by atoms with E-state index in [0.29, 0.717) is 6.07 Å². The third-order valence-corrected chi connectivity index (χ3v) is 4.07. The summed E-state index contributed by atoms with van der Waals surface area (Å²) in [4.78, 5) is 15.8. The van der Waals surface area contributed by atoms with Crippen molar-refractivity contribution in [3.8, 4) is 0 Å². The Kier molecular flexibility index (Phi) is 5.58. The first kappa shape index (κ1) is 19.3. The van der Waals surface area contributed by atoms with Crippen LogP contribution in [0.3, 0.4) is 0 Å². The minimum absolute atomic E-state index is 0.172. The van der Waals surface area contributed by atoms with Gasteiger partial charge < -0.3 is 4.90 Å². The molecule has 28 heavy (non-hydrogen) atoms. The minimum Gasteiger partial charge on any atom is -0.342 e. The Morgan fingerprint density at radius 2 is 1.36 bits per heavy atom. The molecular formula is C20H16F3N3O2. The van der Waals surface area contributed by atoms with Crippen molar-refractivity contribution in [3.63, 3.8) is 0 Å². The fourth-order valence-electron chi connectivity index (χ4n) is 2.79. The zero-order valence-electron chi connectivity index (χ0n) is 14.6. The number of rotatable bonds is 6. The molecule has 0 atom stereocenters. The highest BCUT2D eigenvalue weighted by atomic mass is 19.4. The van der Waals surface area contributed by atoms with Gasteiger partial charge in [0.15, 0.2) is 0 Å². The van der Waals surface area contributed by atoms with E-state index in [9.17, 15) is 23.3 Å². The largest absolute Gasteiger partial charge is 0.433 e. The molecule has 0 N–H and O–H groups in total. The maximum atomic E-state index is 13.2. The Balaban J connectivity index is 2.08. The van der Waals surface area contributed by atoms with Gasteiger partial charge in [0.1, 0.15) is 5.69 Å². The van der Waals surface area contributed by atoms with Crippen molar-refractivity contribution >= 4 is 11.5 Å². The summed E-state index contributed by atoms with van der Waals surface area (Å²) in [5, 5.41) is 11.4. The van der Waals surface area contributed by atoms with Gasteiger partial charge in [-0.2, -0.15) is 13.2 Å². The zero-order valence-corrected chi connectivity index (χ0v) is 14.6. The molecule has 0 spiro atoms. The summed E-state index contributed by atoms with van der Waals surface area (Å²) in [5.74, 6) is -0.312. The van der Waals surface area contributed by atoms with E-state index in [2.05, 4.69) is 4.98 Å². The van der Waals surface area contributed by atoms with E-state index in [1.807, 2.05) is 12.1 Å². The SMILES string of the molecule is O=[N+]([O-])c1ccc(C(F)(F)F)nc1N(Cc1ccccc1)Cc1ccccc1. The molecule has 144 valence electrons. The molecule has 0 amide bonds. The lowest BCUT2D eigenvalue weighted by Crippen LogP contribution is -2.25. The lowest BCUT2D eigenvalue weighted by Gasteiger charge is -2.24. The van der Waals surface area contributed by atoms with Crippen LogP contribution in [0, 0.1) is 10.1 Å². The average molecular weight is 387 g/mol. The molecule has 0 radical (unpaired) electrons. The summed E-state index contributed by atoms with van der Waals surface area (Å²) < 4.78 is 39.5. The highest BCUT2D eigenvalue weighted by Crippen LogP contribution is 2.34. The third-order valence-electron chi connectivity index (χ3n) is 4.07. The van der Waals surface area contributed by atoms with Gasteiger partial charge in [-0.25, -0.2) is 4.98 Å². The van der Waals surface area contributed by atoms with Crippen LogP contribution in [-0.4, -0.2) is 9.91 Å². The van der Waals surface area contributed by atoms with Crippen molar-refractivity contribution in [2.24, 2.45) is 0 Å². The maximum absolute atomic E-state index is 13.2. The molecule has 0 aliphatic carbocycles. The molecule has 3 rings (SSSR count). The van der Waals surface area contributed by atoms with Crippen LogP contribution in [0.2, 0.25) is 0 Å². The van der Waals surface area contributed by atoms with Gasteiger partial charge in [0.25, 0.3) is 0 Å². The normalized spacial score (nSPS) is 11.2. The van der Waals surface area contributed by atoms with Crippen LogP contribution in [0.1, 0.15) is 16.8 Å². The van der Waals surface area contributed by atoms with Crippen LogP contribution in [0.25, 0.3) is 0 Å². The predicted molar refractivity (Wildman–Crippen MR) is 98.7 cm³/mol. The van der Waals surface area contributed by atoms with Crippen molar-refractivity contribution < 1.29 is 18.1 Å². The lowest BCUT2D eigenvalue weighted by molar-refractivity contribution is -0.384. The predicted octanol–water partition coefficient (Wildman–Crippen LogP) is 5.22. The van der Waals surface area contributed by atoms with Gasteiger partial charge in [0, 0.05) is 19.2 Å². The summed E-state index contributed by atoms with van der Waals surface area (Å²) in [6, 6.07) is 19.5. The van der Waals surface area contributed by atoms with Crippen LogP contribution in [-0.2, 0) is 19.3 Å². The summed E-state index contributed by atoms with van der Waals surface area (Å²) in [7, 11) is 0. The topological polar surface area (TPSA) is 59.3 Å². The Hall–Kier alpha value is -3.42. The first-order valence-electron chi connectivity index (χ1n) is 8.40. The van der Waals surface area contributed by atoms with Crippen molar-refractivity contribution in [2.75, 3.05) is 4.90 Å².